The molecule has 0 aromatic rings. The van der Waals surface area contributed by atoms with Crippen LogP contribution >= 0.6 is 0 Å². The summed E-state index contributed by atoms with van der Waals surface area (Å²) in [7, 11) is 0. The minimum atomic E-state index is 1.36. The third-order valence-electron chi connectivity index (χ3n) is 2.16. The maximum absolute atomic E-state index is 2.25. The summed E-state index contributed by atoms with van der Waals surface area (Å²) < 4.78 is 0. The van der Waals surface area contributed by atoms with E-state index < -0.39 is 0 Å². The minimum absolute atomic E-state index is 1.36. The summed E-state index contributed by atoms with van der Waals surface area (Å²) in [4.78, 5) is 0. The zero-order valence-electron chi connectivity index (χ0n) is 10.4. The van der Waals surface area contributed by atoms with Crippen molar-refractivity contribution in [1.82, 2.24) is 0 Å². The van der Waals surface area contributed by atoms with Gasteiger partial charge in [-0.3, -0.25) is 0 Å². The molecular weight excluding hydrogens is 151 g/mol. The first kappa shape index (κ1) is 16.0. The number of rotatable bonds is 7. The molecule has 0 saturated carbocycles. The van der Waals surface area contributed by atoms with Gasteiger partial charge in [-0.05, 0) is 0 Å². The van der Waals surface area contributed by atoms with Crippen LogP contribution in [0.3, 0.4) is 0 Å². The predicted octanol–water partition coefficient (Wildman–Crippen LogP) is 4.74. The fourth-order valence-electron chi connectivity index (χ4n) is 1.18. The van der Waals surface area contributed by atoms with Gasteiger partial charge in [0, 0.05) is 0 Å². The summed E-state index contributed by atoms with van der Waals surface area (Å²) in [6, 6.07) is 0. The van der Waals surface area contributed by atoms with E-state index in [1.807, 2.05) is 0 Å². The van der Waals surface area contributed by atoms with Crippen LogP contribution in [-0.2, 0) is 0 Å². The van der Waals surface area contributed by atoms with Crippen LogP contribution in [0.15, 0.2) is 0 Å². The molecule has 0 amide bonds. The van der Waals surface area contributed by atoms with Crippen LogP contribution in [-0.4, -0.2) is 17.7 Å². The molecule has 0 bridgehead atoms. The van der Waals surface area contributed by atoms with Crippen LogP contribution in [0, 0.1) is 0 Å². The summed E-state index contributed by atoms with van der Waals surface area (Å²) in [6.07, 6.45) is 11.2. The van der Waals surface area contributed by atoms with Gasteiger partial charge in [0.25, 0.3) is 0 Å². The molecule has 0 aromatic heterocycles. The number of unbranched alkanes of at least 4 members (excludes halogenated alkanes) is 6. The molecule has 0 aliphatic carbocycles. The Morgan fingerprint density at radius 2 is 1.00 bits per heavy atom. The first-order chi connectivity index (χ1) is 6.33. The van der Waals surface area contributed by atoms with Crippen LogP contribution in [0.1, 0.15) is 72.1 Å². The fourth-order valence-corrected chi connectivity index (χ4v) is 1.18. The average molecular weight is 178 g/mol. The third kappa shape index (κ3) is 24.5. The van der Waals surface area contributed by atoms with E-state index in [2.05, 4.69) is 38.5 Å². The van der Waals surface area contributed by atoms with Gasteiger partial charge in [-0.15, -0.1) is 0 Å². The molecule has 0 rings (SSSR count). The van der Waals surface area contributed by atoms with E-state index in [9.17, 15) is 0 Å². The second-order valence-electron chi connectivity index (χ2n) is 3.77. The van der Waals surface area contributed by atoms with Gasteiger partial charge < -0.3 is 0 Å². The van der Waals surface area contributed by atoms with Crippen LogP contribution in [0.2, 0.25) is 5.09 Å². The van der Waals surface area contributed by atoms with Crippen molar-refractivity contribution in [2.75, 3.05) is 0 Å². The summed E-state index contributed by atoms with van der Waals surface area (Å²) in [5.41, 5.74) is 0. The number of hydrogen-bond acceptors (Lipinski definition) is 0. The van der Waals surface area contributed by atoms with Gasteiger partial charge in [-0.25, -0.2) is 0 Å². The number of hydrogen-bond donors (Lipinski definition) is 0. The van der Waals surface area contributed by atoms with E-state index in [1.165, 1.54) is 56.5 Å². The Hall–Kier alpha value is 0.597. The van der Waals surface area contributed by atoms with E-state index in [0.29, 0.717) is 0 Å². The van der Waals surface area contributed by atoms with Gasteiger partial charge in [0.2, 0.25) is 0 Å². The monoisotopic (exact) mass is 178 g/mol. The van der Waals surface area contributed by atoms with Crippen molar-refractivity contribution in [3.63, 3.8) is 0 Å². The zero-order valence-corrected chi connectivity index (χ0v) is 10.4. The topological polar surface area (TPSA) is 0 Å². The summed E-state index contributed by atoms with van der Waals surface area (Å²) in [5.74, 6) is 0. The zero-order chi connectivity index (χ0) is 10.4. The Balaban J connectivity index is 0. The molecule has 0 aromatic carbocycles. The third-order valence-corrected chi connectivity index (χ3v) is 2.16. The molecule has 0 nitrogen and oxygen atoms in total. The normalized spacial score (nSPS) is 9.31. The molecule has 0 atom stereocenters. The van der Waals surface area contributed by atoms with E-state index in [-0.39, 0.29) is 0 Å². The Bertz CT molecular complexity index is 54.1. The van der Waals surface area contributed by atoms with Crippen molar-refractivity contribution in [1.29, 1.82) is 0 Å². The van der Waals surface area contributed by atoms with Gasteiger partial charge in [0.05, 0.1) is 0 Å². The van der Waals surface area contributed by atoms with E-state index in [1.54, 1.807) is 0 Å². The fraction of sp³-hybridized carbons (Fsp3) is 1.00. The van der Waals surface area contributed by atoms with Gasteiger partial charge in [-0.1, -0.05) is 39.5 Å². The van der Waals surface area contributed by atoms with Crippen molar-refractivity contribution in [3.8, 4) is 0 Å². The molecule has 1 heteroatoms. The van der Waals surface area contributed by atoms with E-state index in [4.69, 9.17) is 0 Å². The first-order valence-corrected chi connectivity index (χ1v) is 6.33. The average Bonchev–Trinajstić information content (AvgIpc) is 2.17. The molecule has 76 valence electrons. The molecule has 0 radical (unpaired) electrons. The van der Waals surface area contributed by atoms with Crippen molar-refractivity contribution in [3.05, 3.63) is 0 Å². The molecule has 0 unspecified atom stereocenters. The Morgan fingerprint density at radius 3 is 1.31 bits per heavy atom. The molecular formula is C12H27Li. The van der Waals surface area contributed by atoms with Crippen LogP contribution in [0.4, 0.5) is 0 Å². The molecule has 0 saturated heterocycles. The van der Waals surface area contributed by atoms with Crippen LogP contribution in [0.25, 0.3) is 0 Å². The van der Waals surface area contributed by atoms with Crippen molar-refractivity contribution in [2.45, 2.75) is 77.2 Å². The summed E-state index contributed by atoms with van der Waals surface area (Å²) >= 11 is 2.25. The van der Waals surface area contributed by atoms with E-state index in [0.717, 1.165) is 0 Å². The summed E-state index contributed by atoms with van der Waals surface area (Å²) in [6.45, 7) is 6.71. The van der Waals surface area contributed by atoms with Crippen molar-refractivity contribution >= 4 is 17.7 Å². The Morgan fingerprint density at radius 1 is 0.615 bits per heavy atom. The quantitative estimate of drug-likeness (QED) is 0.390. The van der Waals surface area contributed by atoms with E-state index >= 15 is 0 Å². The molecule has 0 N–H and O–H groups in total. The molecule has 0 aliphatic heterocycles. The van der Waals surface area contributed by atoms with Crippen LogP contribution < -0.4 is 0 Å². The molecule has 0 fully saturated rings. The summed E-state index contributed by atoms with van der Waals surface area (Å²) in [5, 5.41) is 1.36. The predicted molar refractivity (Wildman–Crippen MR) is 64.5 cm³/mol. The molecule has 0 spiro atoms. The Kier molecular flexibility index (Phi) is 22.7. The van der Waals surface area contributed by atoms with Crippen molar-refractivity contribution < 1.29 is 0 Å². The van der Waals surface area contributed by atoms with Gasteiger partial charge >= 0.3 is 55.4 Å². The van der Waals surface area contributed by atoms with Crippen LogP contribution in [0.5, 0.6) is 0 Å². The van der Waals surface area contributed by atoms with Gasteiger partial charge in [0.15, 0.2) is 0 Å². The molecule has 0 aliphatic rings. The van der Waals surface area contributed by atoms with Gasteiger partial charge in [0.1, 0.15) is 0 Å². The van der Waals surface area contributed by atoms with Crippen molar-refractivity contribution in [2.24, 2.45) is 0 Å². The second kappa shape index (κ2) is 18.4. The standard InChI is InChI=1S/C6H14.C6H13.Li/c2*1-3-5-6-4-2;/h3-6H2,1-2H3;1,3-6H2,2H3;. The first-order valence-electron chi connectivity index (χ1n) is 6.33. The molecule has 13 heavy (non-hydrogen) atoms. The molecule has 0 heterocycles. The second-order valence-corrected chi connectivity index (χ2v) is 3.77. The van der Waals surface area contributed by atoms with Gasteiger partial charge in [-0.2, -0.15) is 0 Å². The maximum atomic E-state index is 2.25. The Labute approximate surface area is 95.1 Å². The SMILES string of the molecule is CCCCCC.[Li][CH2]CCCCC.